The van der Waals surface area contributed by atoms with Gasteiger partial charge in [0.25, 0.3) is 0 Å². The molecule has 0 N–H and O–H groups in total. The Morgan fingerprint density at radius 3 is 1.88 bits per heavy atom. The molecule has 0 heterocycles. The molecule has 0 saturated carbocycles. The van der Waals surface area contributed by atoms with Crippen molar-refractivity contribution in [1.29, 1.82) is 0 Å². The number of ether oxygens (including phenoxy) is 3. The van der Waals surface area contributed by atoms with Gasteiger partial charge in [-0.2, -0.15) is 0 Å². The molecular formula is C20H30O5. The van der Waals surface area contributed by atoms with Gasteiger partial charge in [-0.1, -0.05) is 45.0 Å². The molecule has 0 aromatic heterocycles. The average Bonchev–Trinajstić information content (AvgIpc) is 2.59. The molecule has 0 aromatic carbocycles. The van der Waals surface area contributed by atoms with E-state index < -0.39 is 11.9 Å². The minimum atomic E-state index is -0.477. The van der Waals surface area contributed by atoms with Gasteiger partial charge in [-0.3, -0.25) is 0 Å². The molecule has 5 heteroatoms. The Bertz CT molecular complexity index is 447. The Morgan fingerprint density at radius 1 is 0.960 bits per heavy atom. The van der Waals surface area contributed by atoms with Crippen LogP contribution in [0.25, 0.3) is 0 Å². The van der Waals surface area contributed by atoms with E-state index in [9.17, 15) is 9.59 Å². The fraction of sp³-hybridized carbons (Fsp3) is 0.300. The maximum absolute atomic E-state index is 10.3. The van der Waals surface area contributed by atoms with E-state index in [0.717, 1.165) is 38.0 Å². The molecule has 0 unspecified atom stereocenters. The Labute approximate surface area is 151 Å². The van der Waals surface area contributed by atoms with Crippen LogP contribution >= 0.6 is 0 Å². The van der Waals surface area contributed by atoms with Crippen molar-refractivity contribution in [2.75, 3.05) is 6.61 Å². The molecule has 0 spiro atoms. The highest BCUT2D eigenvalue weighted by Gasteiger charge is 1.97. The summed E-state index contributed by atoms with van der Waals surface area (Å²) >= 11 is 0. The lowest BCUT2D eigenvalue weighted by Crippen LogP contribution is -1.98. The third kappa shape index (κ3) is 29.8. The Kier molecular flexibility index (Phi) is 25.4. The third-order valence-electron chi connectivity index (χ3n) is 2.14. The van der Waals surface area contributed by atoms with Gasteiger partial charge in [0.1, 0.15) is 0 Å². The third-order valence-corrected chi connectivity index (χ3v) is 2.14. The lowest BCUT2D eigenvalue weighted by Gasteiger charge is -1.96. The zero-order valence-corrected chi connectivity index (χ0v) is 15.4. The molecule has 0 aromatic rings. The molecule has 0 aliphatic carbocycles. The van der Waals surface area contributed by atoms with Crippen LogP contribution in [0.15, 0.2) is 75.5 Å². The monoisotopic (exact) mass is 350 g/mol. The number of unbranched alkanes of at least 4 members (excludes halogenated alkanes) is 2. The summed E-state index contributed by atoms with van der Waals surface area (Å²) in [5.74, 6) is -0.907. The van der Waals surface area contributed by atoms with Gasteiger partial charge in [0.05, 0.1) is 25.4 Å². The predicted molar refractivity (Wildman–Crippen MR) is 102 cm³/mol. The molecule has 0 saturated heterocycles. The highest BCUT2D eigenvalue weighted by molar-refractivity contribution is 5.87. The second-order valence-electron chi connectivity index (χ2n) is 4.26. The van der Waals surface area contributed by atoms with Crippen LogP contribution < -0.4 is 0 Å². The molecule has 140 valence electrons. The standard InChI is InChI=1S/C9H16O.C6H8O2.C5H6O2/c1-3-5-6-7-8-9-10-4-2;1-4-8-6(7)5(2)3;1-3-5(6)7-4-2/h3-5H,2,6-9H2,1H3;4H,1-2H2,3H3;3-4H,1-2H2/b5-3+;;. The minimum absolute atomic E-state index is 0.380. The van der Waals surface area contributed by atoms with E-state index in [1.807, 2.05) is 6.92 Å². The number of allylic oxidation sites excluding steroid dienone is 2. The second kappa shape index (κ2) is 23.4. The van der Waals surface area contributed by atoms with Crippen molar-refractivity contribution in [1.82, 2.24) is 0 Å². The number of carbonyl (C=O) groups is 2. The summed E-state index contributed by atoms with van der Waals surface area (Å²) in [5.41, 5.74) is 0.380. The molecule has 5 nitrogen and oxygen atoms in total. The average molecular weight is 350 g/mol. The molecule has 0 atom stereocenters. The second-order valence-corrected chi connectivity index (χ2v) is 4.26. The van der Waals surface area contributed by atoms with Crippen LogP contribution in [0.1, 0.15) is 33.1 Å². The van der Waals surface area contributed by atoms with E-state index in [4.69, 9.17) is 4.74 Å². The van der Waals surface area contributed by atoms with Gasteiger partial charge in [-0.25, -0.2) is 9.59 Å². The first-order valence-electron chi connectivity index (χ1n) is 7.66. The van der Waals surface area contributed by atoms with Crippen molar-refractivity contribution in [3.05, 3.63) is 75.5 Å². The van der Waals surface area contributed by atoms with Crippen LogP contribution in [0.5, 0.6) is 0 Å². The number of carbonyl (C=O) groups excluding carboxylic acids is 2. The van der Waals surface area contributed by atoms with E-state index >= 15 is 0 Å². The molecule has 0 aliphatic heterocycles. The van der Waals surface area contributed by atoms with Crippen molar-refractivity contribution in [2.45, 2.75) is 33.1 Å². The van der Waals surface area contributed by atoms with Crippen LogP contribution in [0.2, 0.25) is 0 Å². The van der Waals surface area contributed by atoms with Gasteiger partial charge in [0.15, 0.2) is 0 Å². The molecule has 0 bridgehead atoms. The first kappa shape index (κ1) is 27.0. The van der Waals surface area contributed by atoms with Crippen molar-refractivity contribution >= 4 is 11.9 Å². The summed E-state index contributed by atoms with van der Waals surface area (Å²) in [6, 6.07) is 0. The Hall–Kier alpha value is -2.82. The van der Waals surface area contributed by atoms with Crippen LogP contribution in [-0.2, 0) is 23.8 Å². The van der Waals surface area contributed by atoms with Gasteiger partial charge in [-0.05, 0) is 33.1 Å². The maximum atomic E-state index is 10.3. The Balaban J connectivity index is -0.000000296. The molecular weight excluding hydrogens is 320 g/mol. The van der Waals surface area contributed by atoms with Crippen molar-refractivity contribution in [3.8, 4) is 0 Å². The summed E-state index contributed by atoms with van der Waals surface area (Å²) in [6.45, 7) is 20.7. The van der Waals surface area contributed by atoms with Crippen LogP contribution in [0.4, 0.5) is 0 Å². The number of esters is 2. The lowest BCUT2D eigenvalue weighted by atomic mass is 10.2. The fourth-order valence-electron chi connectivity index (χ4n) is 1.00. The van der Waals surface area contributed by atoms with Crippen LogP contribution in [0.3, 0.4) is 0 Å². The quantitative estimate of drug-likeness (QED) is 0.182. The molecule has 0 amide bonds. The van der Waals surface area contributed by atoms with E-state index in [-0.39, 0.29) is 0 Å². The van der Waals surface area contributed by atoms with E-state index in [1.54, 1.807) is 6.92 Å². The fourth-order valence-corrected chi connectivity index (χ4v) is 1.00. The molecule has 0 aliphatic rings. The molecule has 0 rings (SSSR count). The molecule has 0 fully saturated rings. The number of hydrogen-bond acceptors (Lipinski definition) is 5. The van der Waals surface area contributed by atoms with Gasteiger partial charge >= 0.3 is 11.9 Å². The topological polar surface area (TPSA) is 61.8 Å². The van der Waals surface area contributed by atoms with Gasteiger partial charge in [0.2, 0.25) is 0 Å². The van der Waals surface area contributed by atoms with Crippen molar-refractivity contribution in [3.63, 3.8) is 0 Å². The van der Waals surface area contributed by atoms with E-state index in [1.165, 1.54) is 12.7 Å². The minimum Gasteiger partial charge on any atom is -0.502 e. The van der Waals surface area contributed by atoms with Crippen LogP contribution in [0, 0.1) is 0 Å². The smallest absolute Gasteiger partial charge is 0.337 e. The van der Waals surface area contributed by atoms with E-state index in [0.29, 0.717) is 5.57 Å². The summed E-state index contributed by atoms with van der Waals surface area (Å²) in [5, 5.41) is 0. The zero-order chi connectivity index (χ0) is 19.9. The van der Waals surface area contributed by atoms with E-state index in [2.05, 4.69) is 54.5 Å². The SMILES string of the molecule is C=COC(=O)C(=C)C.C=COC(=O)C=C.C=COCCCC/C=C/C. The molecule has 0 radical (unpaired) electrons. The number of rotatable bonds is 10. The number of hydrogen-bond donors (Lipinski definition) is 0. The van der Waals surface area contributed by atoms with Crippen LogP contribution in [-0.4, -0.2) is 18.5 Å². The summed E-state index contributed by atoms with van der Waals surface area (Å²) in [4.78, 5) is 20.4. The van der Waals surface area contributed by atoms with Gasteiger partial charge < -0.3 is 14.2 Å². The highest BCUT2D eigenvalue weighted by atomic mass is 16.5. The highest BCUT2D eigenvalue weighted by Crippen LogP contribution is 1.96. The van der Waals surface area contributed by atoms with Crippen molar-refractivity contribution < 1.29 is 23.8 Å². The normalized spacial score (nSPS) is 8.40. The van der Waals surface area contributed by atoms with Gasteiger partial charge in [0, 0.05) is 11.6 Å². The predicted octanol–water partition coefficient (Wildman–Crippen LogP) is 5.00. The summed E-state index contributed by atoms with van der Waals surface area (Å²) in [6.07, 6.45) is 12.5. The molecule has 25 heavy (non-hydrogen) atoms. The first-order valence-corrected chi connectivity index (χ1v) is 7.66. The first-order chi connectivity index (χ1) is 11.9. The van der Waals surface area contributed by atoms with Gasteiger partial charge in [-0.15, -0.1) is 0 Å². The maximum Gasteiger partial charge on any atom is 0.337 e. The Morgan fingerprint density at radius 2 is 1.56 bits per heavy atom. The largest absolute Gasteiger partial charge is 0.502 e. The summed E-state index contributed by atoms with van der Waals surface area (Å²) < 4.78 is 13.5. The lowest BCUT2D eigenvalue weighted by molar-refractivity contribution is -0.133. The zero-order valence-electron chi connectivity index (χ0n) is 15.4. The van der Waals surface area contributed by atoms with Crippen molar-refractivity contribution in [2.24, 2.45) is 0 Å². The summed E-state index contributed by atoms with van der Waals surface area (Å²) in [7, 11) is 0.